The molecule has 154 valence electrons. The fraction of sp³-hybridized carbons (Fsp3) is 0.579. The molecule has 0 saturated carbocycles. The molecule has 2 rings (SSSR count). The smallest absolute Gasteiger partial charge is 0.407 e. The van der Waals surface area contributed by atoms with Crippen LogP contribution in [-0.4, -0.2) is 53.1 Å². The number of hydrogen-bond donors (Lipinski definition) is 2. The number of alkyl carbamates (subject to hydrolysis) is 1. The van der Waals surface area contributed by atoms with Crippen molar-refractivity contribution in [3.8, 4) is 0 Å². The average molecular weight is 392 g/mol. The van der Waals surface area contributed by atoms with Crippen LogP contribution in [0.25, 0.3) is 0 Å². The first kappa shape index (κ1) is 21.5. The molecule has 1 aliphatic heterocycles. The maximum Gasteiger partial charge on any atom is 0.407 e. The predicted molar refractivity (Wildman–Crippen MR) is 106 cm³/mol. The molecule has 2 amide bonds. The summed E-state index contributed by atoms with van der Waals surface area (Å²) in [5.74, 6) is -0.290. The van der Waals surface area contributed by atoms with Crippen molar-refractivity contribution in [1.29, 1.82) is 0 Å². The number of benzene rings is 1. The largest absolute Gasteiger partial charge is 0.444 e. The SMILES string of the molecule is CCNc1ccc(C(=O)N2CCCC(NC(=O)OC(C)(C)C)C2)cc1[N+](=O)[O-]. The molecule has 1 aromatic carbocycles. The summed E-state index contributed by atoms with van der Waals surface area (Å²) in [4.78, 5) is 37.2. The summed E-state index contributed by atoms with van der Waals surface area (Å²) in [5, 5.41) is 17.0. The Hall–Kier alpha value is -2.84. The molecule has 1 fully saturated rings. The highest BCUT2D eigenvalue weighted by atomic mass is 16.6. The number of carbonyl (C=O) groups excluding carboxylic acids is 2. The summed E-state index contributed by atoms with van der Waals surface area (Å²) in [6.45, 7) is 8.61. The van der Waals surface area contributed by atoms with E-state index >= 15 is 0 Å². The summed E-state index contributed by atoms with van der Waals surface area (Å²) in [6, 6.07) is 4.21. The highest BCUT2D eigenvalue weighted by molar-refractivity contribution is 5.96. The van der Waals surface area contributed by atoms with E-state index in [2.05, 4.69) is 10.6 Å². The van der Waals surface area contributed by atoms with E-state index in [0.717, 1.165) is 12.8 Å². The van der Waals surface area contributed by atoms with Crippen LogP contribution in [0.5, 0.6) is 0 Å². The molecule has 0 bridgehead atoms. The van der Waals surface area contributed by atoms with Gasteiger partial charge < -0.3 is 20.3 Å². The highest BCUT2D eigenvalue weighted by Gasteiger charge is 2.28. The van der Waals surface area contributed by atoms with Gasteiger partial charge in [-0.15, -0.1) is 0 Å². The molecule has 1 unspecified atom stereocenters. The maximum absolute atomic E-state index is 12.8. The van der Waals surface area contributed by atoms with Crippen molar-refractivity contribution in [3.05, 3.63) is 33.9 Å². The first-order valence-corrected chi connectivity index (χ1v) is 9.42. The van der Waals surface area contributed by atoms with Gasteiger partial charge in [0.2, 0.25) is 0 Å². The monoisotopic (exact) mass is 392 g/mol. The van der Waals surface area contributed by atoms with Crippen LogP contribution in [0.3, 0.4) is 0 Å². The van der Waals surface area contributed by atoms with Crippen molar-refractivity contribution in [1.82, 2.24) is 10.2 Å². The van der Waals surface area contributed by atoms with Crippen molar-refractivity contribution >= 4 is 23.4 Å². The van der Waals surface area contributed by atoms with Crippen molar-refractivity contribution < 1.29 is 19.2 Å². The Morgan fingerprint density at radius 2 is 2.07 bits per heavy atom. The second-order valence-electron chi connectivity index (χ2n) is 7.76. The third-order valence-electron chi connectivity index (χ3n) is 4.24. The third-order valence-corrected chi connectivity index (χ3v) is 4.24. The van der Waals surface area contributed by atoms with Gasteiger partial charge in [-0.25, -0.2) is 4.79 Å². The fourth-order valence-corrected chi connectivity index (χ4v) is 3.09. The number of nitrogens with zero attached hydrogens (tertiary/aromatic N) is 2. The Bertz CT molecular complexity index is 744. The van der Waals surface area contributed by atoms with E-state index in [1.54, 1.807) is 37.8 Å². The normalized spacial score (nSPS) is 17.0. The van der Waals surface area contributed by atoms with E-state index in [1.165, 1.54) is 6.07 Å². The lowest BCUT2D eigenvalue weighted by molar-refractivity contribution is -0.384. The molecule has 1 heterocycles. The van der Waals surface area contributed by atoms with Crippen LogP contribution in [0.2, 0.25) is 0 Å². The number of anilines is 1. The summed E-state index contributed by atoms with van der Waals surface area (Å²) in [5.41, 5.74) is -0.0897. The van der Waals surface area contributed by atoms with E-state index in [-0.39, 0.29) is 23.2 Å². The minimum absolute atomic E-state index is 0.131. The van der Waals surface area contributed by atoms with E-state index in [0.29, 0.717) is 25.3 Å². The summed E-state index contributed by atoms with van der Waals surface area (Å²) in [6.07, 6.45) is 0.948. The van der Waals surface area contributed by atoms with E-state index in [9.17, 15) is 19.7 Å². The van der Waals surface area contributed by atoms with E-state index in [1.807, 2.05) is 6.92 Å². The quantitative estimate of drug-likeness (QED) is 0.588. The molecule has 2 N–H and O–H groups in total. The Kier molecular flexibility index (Phi) is 6.82. The van der Waals surface area contributed by atoms with E-state index < -0.39 is 16.6 Å². The van der Waals surface area contributed by atoms with Crippen LogP contribution in [-0.2, 0) is 4.74 Å². The minimum atomic E-state index is -0.596. The number of rotatable bonds is 5. The number of amides is 2. The van der Waals surface area contributed by atoms with Gasteiger partial charge in [0.25, 0.3) is 11.6 Å². The van der Waals surface area contributed by atoms with Crippen LogP contribution >= 0.6 is 0 Å². The zero-order chi connectivity index (χ0) is 20.9. The molecule has 9 heteroatoms. The van der Waals surface area contributed by atoms with Crippen molar-refractivity contribution in [3.63, 3.8) is 0 Å². The first-order chi connectivity index (χ1) is 13.1. The van der Waals surface area contributed by atoms with Gasteiger partial charge in [0.1, 0.15) is 11.3 Å². The second kappa shape index (κ2) is 8.90. The molecule has 28 heavy (non-hydrogen) atoms. The standard InChI is InChI=1S/C19H28N4O5/c1-5-20-15-9-8-13(11-16(15)23(26)27)17(24)22-10-6-7-14(12-22)21-18(25)28-19(2,3)4/h8-9,11,14,20H,5-7,10,12H2,1-4H3,(H,21,25). The van der Waals surface area contributed by atoms with Crippen LogP contribution in [0.1, 0.15) is 50.9 Å². The molecule has 1 aromatic rings. The molecule has 0 radical (unpaired) electrons. The van der Waals surface area contributed by atoms with Gasteiger partial charge in [0, 0.05) is 37.3 Å². The zero-order valence-electron chi connectivity index (χ0n) is 16.8. The summed E-state index contributed by atoms with van der Waals surface area (Å²) in [7, 11) is 0. The molecule has 0 aromatic heterocycles. The van der Waals surface area contributed by atoms with Gasteiger partial charge in [0.05, 0.1) is 4.92 Å². The van der Waals surface area contributed by atoms with Gasteiger partial charge in [-0.1, -0.05) is 0 Å². The lowest BCUT2D eigenvalue weighted by Crippen LogP contribution is -2.50. The number of nitrogens with one attached hydrogen (secondary N) is 2. The fourth-order valence-electron chi connectivity index (χ4n) is 3.09. The number of carbonyl (C=O) groups is 2. The lowest BCUT2D eigenvalue weighted by atomic mass is 10.0. The Balaban J connectivity index is 2.08. The molecule has 1 aliphatic rings. The molecule has 9 nitrogen and oxygen atoms in total. The average Bonchev–Trinajstić information content (AvgIpc) is 2.60. The number of likely N-dealkylation sites (tertiary alicyclic amines) is 1. The molecule has 1 atom stereocenters. The van der Waals surface area contributed by atoms with Crippen LogP contribution in [0, 0.1) is 10.1 Å². The lowest BCUT2D eigenvalue weighted by Gasteiger charge is -2.33. The number of ether oxygens (including phenoxy) is 1. The summed E-state index contributed by atoms with van der Waals surface area (Å²) < 4.78 is 5.26. The molecular formula is C19H28N4O5. The van der Waals surface area contributed by atoms with Crippen molar-refractivity contribution in [2.75, 3.05) is 25.0 Å². The predicted octanol–water partition coefficient (Wildman–Crippen LogP) is 3.16. The van der Waals surface area contributed by atoms with E-state index in [4.69, 9.17) is 4.74 Å². The van der Waals surface area contributed by atoms with Gasteiger partial charge in [0.15, 0.2) is 0 Å². The Morgan fingerprint density at radius 3 is 2.68 bits per heavy atom. The van der Waals surface area contributed by atoms with Gasteiger partial charge >= 0.3 is 6.09 Å². The molecule has 1 saturated heterocycles. The van der Waals surface area contributed by atoms with Crippen LogP contribution in [0.4, 0.5) is 16.2 Å². The van der Waals surface area contributed by atoms with Crippen LogP contribution < -0.4 is 10.6 Å². The molecule has 0 spiro atoms. The zero-order valence-corrected chi connectivity index (χ0v) is 16.8. The Labute approximate surface area is 164 Å². The maximum atomic E-state index is 12.8. The number of nitro benzene ring substituents is 1. The van der Waals surface area contributed by atoms with Gasteiger partial charge in [-0.2, -0.15) is 0 Å². The number of piperidine rings is 1. The molecule has 0 aliphatic carbocycles. The third kappa shape index (κ3) is 5.83. The first-order valence-electron chi connectivity index (χ1n) is 9.42. The Morgan fingerprint density at radius 1 is 1.36 bits per heavy atom. The minimum Gasteiger partial charge on any atom is -0.444 e. The van der Waals surface area contributed by atoms with Crippen LogP contribution in [0.15, 0.2) is 18.2 Å². The highest BCUT2D eigenvalue weighted by Crippen LogP contribution is 2.26. The number of nitro groups is 1. The number of hydrogen-bond acceptors (Lipinski definition) is 6. The molecular weight excluding hydrogens is 364 g/mol. The second-order valence-corrected chi connectivity index (χ2v) is 7.76. The van der Waals surface area contributed by atoms with Gasteiger partial charge in [-0.3, -0.25) is 14.9 Å². The topological polar surface area (TPSA) is 114 Å². The summed E-state index contributed by atoms with van der Waals surface area (Å²) >= 11 is 0. The van der Waals surface area contributed by atoms with Crippen molar-refractivity contribution in [2.45, 2.75) is 52.2 Å². The van der Waals surface area contributed by atoms with Gasteiger partial charge in [-0.05, 0) is 52.7 Å². The van der Waals surface area contributed by atoms with Crippen molar-refractivity contribution in [2.24, 2.45) is 0 Å².